The van der Waals surface area contributed by atoms with Crippen LogP contribution in [0.5, 0.6) is 0 Å². The number of nitrogens with one attached hydrogen (secondary N) is 1. The smallest absolute Gasteiger partial charge is 0.248 e. The van der Waals surface area contributed by atoms with Crippen molar-refractivity contribution in [2.45, 2.75) is 13.3 Å². The van der Waals surface area contributed by atoms with Gasteiger partial charge in [-0.15, -0.1) is 0 Å². The van der Waals surface area contributed by atoms with Crippen LogP contribution in [0.3, 0.4) is 0 Å². The Morgan fingerprint density at radius 3 is 2.62 bits per heavy atom. The van der Waals surface area contributed by atoms with E-state index in [0.717, 1.165) is 0 Å². The van der Waals surface area contributed by atoms with Crippen molar-refractivity contribution < 1.29 is 9.90 Å². The number of aliphatic hydroxyl groups is 1. The molecule has 4 nitrogen and oxygen atoms in total. The number of carbonyl (C=O) groups is 1. The zero-order valence-corrected chi connectivity index (χ0v) is 8.50. The third-order valence-corrected chi connectivity index (χ3v) is 1.43. The highest BCUT2D eigenvalue weighted by molar-refractivity contribution is 5.92. The van der Waals surface area contributed by atoms with E-state index in [0.29, 0.717) is 18.5 Å². The molecule has 0 rings (SSSR count). The van der Waals surface area contributed by atoms with Crippen LogP contribution in [0.4, 0.5) is 0 Å². The number of aliphatic hydroxyl groups excluding tert-OH is 1. The van der Waals surface area contributed by atoms with Gasteiger partial charge in [0, 0.05) is 39.0 Å². The van der Waals surface area contributed by atoms with Gasteiger partial charge in [0.2, 0.25) is 5.91 Å². The molecule has 4 heteroatoms. The van der Waals surface area contributed by atoms with Crippen LogP contribution in [0.25, 0.3) is 0 Å². The molecule has 0 bridgehead atoms. The van der Waals surface area contributed by atoms with Crippen molar-refractivity contribution in [1.29, 1.82) is 0 Å². The number of amides is 1. The molecule has 13 heavy (non-hydrogen) atoms. The largest absolute Gasteiger partial charge is 0.396 e. The maximum Gasteiger partial charge on any atom is 0.248 e. The summed E-state index contributed by atoms with van der Waals surface area (Å²) in [7, 11) is 3.73. The molecule has 0 aromatic rings. The molecule has 0 heterocycles. The number of carbonyl (C=O) groups excluding carboxylic acids is 1. The second-order valence-corrected chi connectivity index (χ2v) is 3.11. The molecule has 2 N–H and O–H groups in total. The van der Waals surface area contributed by atoms with Gasteiger partial charge in [-0.05, 0) is 13.3 Å². The van der Waals surface area contributed by atoms with Gasteiger partial charge in [-0.25, -0.2) is 0 Å². The molecule has 0 fully saturated rings. The van der Waals surface area contributed by atoms with Gasteiger partial charge >= 0.3 is 0 Å². The second kappa shape index (κ2) is 6.48. The number of nitrogens with zero attached hydrogens (tertiary/aromatic N) is 1. The summed E-state index contributed by atoms with van der Waals surface area (Å²) in [6.45, 7) is 2.39. The Hall–Kier alpha value is -1.03. The molecule has 0 aromatic carbocycles. The van der Waals surface area contributed by atoms with Gasteiger partial charge in [-0.1, -0.05) is 0 Å². The van der Waals surface area contributed by atoms with Crippen LogP contribution in [0, 0.1) is 0 Å². The maximum atomic E-state index is 11.3. The Labute approximate surface area is 79.2 Å². The highest BCUT2D eigenvalue weighted by Gasteiger charge is 2.02. The van der Waals surface area contributed by atoms with Gasteiger partial charge in [0.25, 0.3) is 0 Å². The minimum absolute atomic E-state index is 0.0813. The first-order valence-electron chi connectivity index (χ1n) is 4.32. The van der Waals surface area contributed by atoms with E-state index in [1.807, 2.05) is 19.0 Å². The molecular formula is C9H18N2O2. The van der Waals surface area contributed by atoms with Crippen LogP contribution in [0.2, 0.25) is 0 Å². The molecular weight excluding hydrogens is 168 g/mol. The van der Waals surface area contributed by atoms with Crippen LogP contribution in [-0.4, -0.2) is 43.2 Å². The number of hydrogen-bond acceptors (Lipinski definition) is 3. The molecule has 0 unspecified atom stereocenters. The molecule has 0 aromatic heterocycles. The Kier molecular flexibility index (Phi) is 5.97. The lowest BCUT2D eigenvalue weighted by atomic mass is 10.3. The SMILES string of the molecule is CC(=CN(C)C)C(=O)NCCCO. The first kappa shape index (κ1) is 12.0. The fraction of sp³-hybridized carbons (Fsp3) is 0.667. The van der Waals surface area contributed by atoms with Crippen molar-refractivity contribution in [1.82, 2.24) is 10.2 Å². The summed E-state index contributed by atoms with van der Waals surface area (Å²) in [4.78, 5) is 13.1. The summed E-state index contributed by atoms with van der Waals surface area (Å²) in [6, 6.07) is 0. The summed E-state index contributed by atoms with van der Waals surface area (Å²) in [5, 5.41) is 11.2. The van der Waals surface area contributed by atoms with Crippen molar-refractivity contribution in [3.8, 4) is 0 Å². The molecule has 1 amide bonds. The lowest BCUT2D eigenvalue weighted by Gasteiger charge is -2.08. The third-order valence-electron chi connectivity index (χ3n) is 1.43. The van der Waals surface area contributed by atoms with Gasteiger partial charge in [0.05, 0.1) is 0 Å². The van der Waals surface area contributed by atoms with Crippen molar-refractivity contribution in [3.05, 3.63) is 11.8 Å². The van der Waals surface area contributed by atoms with Crippen LogP contribution in [0.15, 0.2) is 11.8 Å². The summed E-state index contributed by atoms with van der Waals surface area (Å²) in [5.41, 5.74) is 0.669. The van der Waals surface area contributed by atoms with Crippen molar-refractivity contribution >= 4 is 5.91 Å². The first-order chi connectivity index (χ1) is 6.07. The predicted octanol–water partition coefficient (Wildman–Crippen LogP) is -0.0496. The van der Waals surface area contributed by atoms with E-state index in [1.165, 1.54) is 0 Å². The molecule has 0 spiro atoms. The van der Waals surface area contributed by atoms with Gasteiger partial charge in [0.1, 0.15) is 0 Å². The van der Waals surface area contributed by atoms with E-state index in [-0.39, 0.29) is 12.5 Å². The monoisotopic (exact) mass is 186 g/mol. The molecule has 0 saturated carbocycles. The number of rotatable bonds is 5. The van der Waals surface area contributed by atoms with E-state index in [4.69, 9.17) is 5.11 Å². The molecule has 0 aliphatic heterocycles. The van der Waals surface area contributed by atoms with E-state index < -0.39 is 0 Å². The Balaban J connectivity index is 3.83. The summed E-state index contributed by atoms with van der Waals surface area (Å²) < 4.78 is 0. The highest BCUT2D eigenvalue weighted by Crippen LogP contribution is 1.93. The molecule has 0 atom stereocenters. The quantitative estimate of drug-likeness (QED) is 0.467. The van der Waals surface area contributed by atoms with E-state index in [2.05, 4.69) is 5.32 Å². The predicted molar refractivity (Wildman–Crippen MR) is 52.2 cm³/mol. The van der Waals surface area contributed by atoms with Gasteiger partial charge in [-0.2, -0.15) is 0 Å². The zero-order valence-electron chi connectivity index (χ0n) is 8.50. The summed E-state index contributed by atoms with van der Waals surface area (Å²) in [5.74, 6) is -0.0813. The normalized spacial score (nSPS) is 11.2. The third kappa shape index (κ3) is 6.16. The molecule has 0 aliphatic carbocycles. The van der Waals surface area contributed by atoms with E-state index in [1.54, 1.807) is 13.1 Å². The summed E-state index contributed by atoms with van der Waals surface area (Å²) >= 11 is 0. The zero-order chi connectivity index (χ0) is 10.3. The van der Waals surface area contributed by atoms with Gasteiger partial charge in [0.15, 0.2) is 0 Å². The van der Waals surface area contributed by atoms with Gasteiger partial charge < -0.3 is 15.3 Å². The second-order valence-electron chi connectivity index (χ2n) is 3.11. The molecule has 0 aliphatic rings. The standard InChI is InChI=1S/C9H18N2O2/c1-8(7-11(2)3)9(13)10-5-4-6-12/h7,12H,4-6H2,1-3H3,(H,10,13). The topological polar surface area (TPSA) is 52.6 Å². The van der Waals surface area contributed by atoms with E-state index >= 15 is 0 Å². The average Bonchev–Trinajstić information content (AvgIpc) is 2.03. The Bertz CT molecular complexity index is 188. The molecule has 0 radical (unpaired) electrons. The Morgan fingerprint density at radius 2 is 2.15 bits per heavy atom. The van der Waals surface area contributed by atoms with Crippen LogP contribution < -0.4 is 5.32 Å². The Morgan fingerprint density at radius 1 is 1.54 bits per heavy atom. The van der Waals surface area contributed by atoms with E-state index in [9.17, 15) is 4.79 Å². The minimum Gasteiger partial charge on any atom is -0.396 e. The number of hydrogen-bond donors (Lipinski definition) is 2. The molecule has 76 valence electrons. The average molecular weight is 186 g/mol. The first-order valence-corrected chi connectivity index (χ1v) is 4.32. The van der Waals surface area contributed by atoms with Crippen LogP contribution in [0.1, 0.15) is 13.3 Å². The summed E-state index contributed by atoms with van der Waals surface area (Å²) in [6.07, 6.45) is 2.36. The lowest BCUT2D eigenvalue weighted by Crippen LogP contribution is -2.26. The van der Waals surface area contributed by atoms with Crippen LogP contribution >= 0.6 is 0 Å². The maximum absolute atomic E-state index is 11.3. The fourth-order valence-electron chi connectivity index (χ4n) is 0.866. The van der Waals surface area contributed by atoms with Gasteiger partial charge in [-0.3, -0.25) is 4.79 Å². The lowest BCUT2D eigenvalue weighted by molar-refractivity contribution is -0.117. The van der Waals surface area contributed by atoms with Crippen LogP contribution in [-0.2, 0) is 4.79 Å². The minimum atomic E-state index is -0.0813. The van der Waals surface area contributed by atoms with Crippen molar-refractivity contribution in [2.75, 3.05) is 27.2 Å². The highest BCUT2D eigenvalue weighted by atomic mass is 16.3. The van der Waals surface area contributed by atoms with Crippen molar-refractivity contribution in [2.24, 2.45) is 0 Å². The fourth-order valence-corrected chi connectivity index (χ4v) is 0.866. The van der Waals surface area contributed by atoms with Crippen molar-refractivity contribution in [3.63, 3.8) is 0 Å². The molecule has 0 saturated heterocycles.